The summed E-state index contributed by atoms with van der Waals surface area (Å²) in [7, 11) is 0. The summed E-state index contributed by atoms with van der Waals surface area (Å²) in [5, 5.41) is 0. The van der Waals surface area contributed by atoms with Gasteiger partial charge in [0.25, 0.3) is 0 Å². The number of carbonyl (C=O) groups excluding carboxylic acids is 1. The first-order valence-corrected chi connectivity index (χ1v) is 2.72. The molecule has 0 aliphatic heterocycles. The number of halogens is 3. The minimum atomic E-state index is -4.60. The van der Waals surface area contributed by atoms with Crippen LogP contribution in [0.25, 0.3) is 0 Å². The highest BCUT2D eigenvalue weighted by Gasteiger charge is 2.50. The second-order valence-electron chi connectivity index (χ2n) is 2.43. The van der Waals surface area contributed by atoms with Crippen molar-refractivity contribution in [3.63, 3.8) is 0 Å². The molecule has 0 bridgehead atoms. The summed E-state index contributed by atoms with van der Waals surface area (Å²) in [4.78, 5) is 9.96. The molecule has 0 fully saturated rings. The number of hydrogen-bond donors (Lipinski definition) is 1. The SMILES string of the molecule is CC(C)(OC(N)=O)C(F)(F)F. The zero-order valence-electron chi connectivity index (χ0n) is 6.03. The van der Waals surface area contributed by atoms with Crippen LogP contribution >= 0.6 is 0 Å². The first-order chi connectivity index (χ1) is 4.67. The molecule has 1 amide bonds. The van der Waals surface area contributed by atoms with Gasteiger partial charge in [-0.3, -0.25) is 0 Å². The largest absolute Gasteiger partial charge is 0.434 e. The highest BCUT2D eigenvalue weighted by atomic mass is 19.4. The zero-order valence-corrected chi connectivity index (χ0v) is 6.03. The van der Waals surface area contributed by atoms with E-state index in [4.69, 9.17) is 0 Å². The highest BCUT2D eigenvalue weighted by Crippen LogP contribution is 2.32. The average Bonchev–Trinajstić information content (AvgIpc) is 1.56. The second kappa shape index (κ2) is 2.60. The van der Waals surface area contributed by atoms with Gasteiger partial charge in [-0.25, -0.2) is 4.79 Å². The maximum Gasteiger partial charge on any atom is 0.427 e. The van der Waals surface area contributed by atoms with Crippen molar-refractivity contribution >= 4 is 6.09 Å². The van der Waals surface area contributed by atoms with Gasteiger partial charge in [0.05, 0.1) is 0 Å². The predicted octanol–water partition coefficient (Wildman–Crippen LogP) is 1.42. The van der Waals surface area contributed by atoms with Crippen LogP contribution in [0.1, 0.15) is 13.8 Å². The van der Waals surface area contributed by atoms with Crippen molar-refractivity contribution in [3.8, 4) is 0 Å². The first kappa shape index (κ1) is 10.1. The van der Waals surface area contributed by atoms with Gasteiger partial charge in [-0.1, -0.05) is 0 Å². The Balaban J connectivity index is 4.34. The Labute approximate surface area is 61.3 Å². The van der Waals surface area contributed by atoms with Gasteiger partial charge in [-0.2, -0.15) is 13.2 Å². The van der Waals surface area contributed by atoms with Gasteiger partial charge >= 0.3 is 12.3 Å². The van der Waals surface area contributed by atoms with E-state index < -0.39 is 17.9 Å². The number of carbonyl (C=O) groups is 1. The van der Waals surface area contributed by atoms with E-state index in [1.165, 1.54) is 0 Å². The minimum absolute atomic E-state index is 0.720. The second-order valence-corrected chi connectivity index (χ2v) is 2.43. The van der Waals surface area contributed by atoms with Gasteiger partial charge < -0.3 is 10.5 Å². The molecule has 3 nitrogen and oxygen atoms in total. The van der Waals surface area contributed by atoms with Crippen LogP contribution in [0, 0.1) is 0 Å². The van der Waals surface area contributed by atoms with E-state index >= 15 is 0 Å². The molecule has 0 aromatic heterocycles. The van der Waals surface area contributed by atoms with E-state index in [1.807, 2.05) is 0 Å². The molecule has 0 radical (unpaired) electrons. The number of primary amides is 1. The van der Waals surface area contributed by atoms with E-state index in [-0.39, 0.29) is 0 Å². The Kier molecular flexibility index (Phi) is 2.37. The van der Waals surface area contributed by atoms with Gasteiger partial charge in [-0.05, 0) is 13.8 Å². The molecular weight excluding hydrogens is 163 g/mol. The summed E-state index contributed by atoms with van der Waals surface area (Å²) >= 11 is 0. The molecule has 0 spiro atoms. The molecule has 0 aliphatic rings. The third kappa shape index (κ3) is 2.65. The van der Waals surface area contributed by atoms with E-state index in [1.54, 1.807) is 0 Å². The van der Waals surface area contributed by atoms with E-state index in [2.05, 4.69) is 10.5 Å². The van der Waals surface area contributed by atoms with Gasteiger partial charge in [0.1, 0.15) is 0 Å². The van der Waals surface area contributed by atoms with Crippen LogP contribution in [-0.2, 0) is 4.74 Å². The lowest BCUT2D eigenvalue weighted by atomic mass is 10.1. The summed E-state index contributed by atoms with van der Waals surface area (Å²) in [6, 6.07) is 0. The van der Waals surface area contributed by atoms with Crippen LogP contribution < -0.4 is 5.73 Å². The van der Waals surface area contributed by atoms with Crippen LogP contribution in [0.4, 0.5) is 18.0 Å². The third-order valence-corrected chi connectivity index (χ3v) is 1.04. The lowest BCUT2D eigenvalue weighted by Gasteiger charge is -2.26. The molecule has 6 heteroatoms. The monoisotopic (exact) mass is 171 g/mol. The predicted molar refractivity (Wildman–Crippen MR) is 30.8 cm³/mol. The molecule has 0 aromatic rings. The molecule has 2 N–H and O–H groups in total. The van der Waals surface area contributed by atoms with Crippen molar-refractivity contribution in [1.82, 2.24) is 0 Å². The summed E-state index contributed by atoms with van der Waals surface area (Å²) in [5.41, 5.74) is 1.90. The number of ether oxygens (including phenoxy) is 1. The van der Waals surface area contributed by atoms with Crippen LogP contribution in [0.5, 0.6) is 0 Å². The standard InChI is InChI=1S/C5H8F3NO2/c1-4(2,5(6,7)8)11-3(9)10/h1-2H3,(H2,9,10). The van der Waals surface area contributed by atoms with E-state index in [9.17, 15) is 18.0 Å². The van der Waals surface area contributed by atoms with Crippen LogP contribution in [0.2, 0.25) is 0 Å². The summed E-state index contributed by atoms with van der Waals surface area (Å²) in [6.07, 6.45) is -6.03. The maximum atomic E-state index is 11.9. The molecule has 11 heavy (non-hydrogen) atoms. The van der Waals surface area contributed by atoms with Gasteiger partial charge in [0.2, 0.25) is 5.60 Å². The fourth-order valence-electron chi connectivity index (χ4n) is 0.309. The molecule has 0 unspecified atom stereocenters. The normalized spacial score (nSPS) is 12.8. The van der Waals surface area contributed by atoms with Crippen molar-refractivity contribution in [2.75, 3.05) is 0 Å². The van der Waals surface area contributed by atoms with Crippen molar-refractivity contribution in [2.24, 2.45) is 5.73 Å². The van der Waals surface area contributed by atoms with Crippen molar-refractivity contribution < 1.29 is 22.7 Å². The van der Waals surface area contributed by atoms with E-state index in [0.717, 1.165) is 13.8 Å². The number of alkyl halides is 3. The van der Waals surface area contributed by atoms with Crippen molar-refractivity contribution in [3.05, 3.63) is 0 Å². The quantitative estimate of drug-likeness (QED) is 0.648. The average molecular weight is 171 g/mol. The zero-order chi connectivity index (χ0) is 9.28. The number of nitrogens with two attached hydrogens (primary N) is 1. The Bertz CT molecular complexity index is 164. The maximum absolute atomic E-state index is 11.9. The first-order valence-electron chi connectivity index (χ1n) is 2.72. The molecule has 0 heterocycles. The molecule has 0 aromatic carbocycles. The van der Waals surface area contributed by atoms with Crippen LogP contribution in [-0.4, -0.2) is 17.9 Å². The highest BCUT2D eigenvalue weighted by molar-refractivity contribution is 5.65. The Morgan fingerprint density at radius 3 is 1.82 bits per heavy atom. The van der Waals surface area contributed by atoms with Gasteiger partial charge in [-0.15, -0.1) is 0 Å². The third-order valence-electron chi connectivity index (χ3n) is 1.04. The molecule has 0 saturated heterocycles. The summed E-state index contributed by atoms with van der Waals surface area (Å²) < 4.78 is 39.4. The summed E-state index contributed by atoms with van der Waals surface area (Å²) in [6.45, 7) is 1.44. The van der Waals surface area contributed by atoms with Crippen LogP contribution in [0.3, 0.4) is 0 Å². The van der Waals surface area contributed by atoms with E-state index in [0.29, 0.717) is 0 Å². The minimum Gasteiger partial charge on any atom is -0.434 e. The molecule has 66 valence electrons. The number of hydrogen-bond acceptors (Lipinski definition) is 2. The van der Waals surface area contributed by atoms with Crippen LogP contribution in [0.15, 0.2) is 0 Å². The molecule has 0 atom stereocenters. The lowest BCUT2D eigenvalue weighted by molar-refractivity contribution is -0.243. The lowest BCUT2D eigenvalue weighted by Crippen LogP contribution is -2.44. The number of amides is 1. The topological polar surface area (TPSA) is 52.3 Å². The molecule has 0 aliphatic carbocycles. The smallest absolute Gasteiger partial charge is 0.427 e. The Hall–Kier alpha value is -0.940. The fraction of sp³-hybridized carbons (Fsp3) is 0.800. The van der Waals surface area contributed by atoms with Crippen molar-refractivity contribution in [1.29, 1.82) is 0 Å². The summed E-state index contributed by atoms with van der Waals surface area (Å²) in [5.74, 6) is 0. The molecule has 0 saturated carbocycles. The number of rotatable bonds is 1. The Morgan fingerprint density at radius 1 is 1.36 bits per heavy atom. The fourth-order valence-corrected chi connectivity index (χ4v) is 0.309. The van der Waals surface area contributed by atoms with Crippen molar-refractivity contribution in [2.45, 2.75) is 25.6 Å². The Morgan fingerprint density at radius 2 is 1.73 bits per heavy atom. The molecular formula is C5H8F3NO2. The van der Waals surface area contributed by atoms with Gasteiger partial charge in [0, 0.05) is 0 Å². The molecule has 0 rings (SSSR count). The van der Waals surface area contributed by atoms with Gasteiger partial charge in [0.15, 0.2) is 0 Å².